The van der Waals surface area contributed by atoms with E-state index in [1.165, 1.54) is 0 Å². The lowest BCUT2D eigenvalue weighted by Gasteiger charge is -2.48. The van der Waals surface area contributed by atoms with Crippen LogP contribution in [-0.4, -0.2) is 217 Å². The number of rotatable bonds is 10. The maximum Gasteiger partial charge on any atom is 0.187 e. The molecule has 21 heteroatoms. The van der Waals surface area contributed by atoms with Gasteiger partial charge >= 0.3 is 0 Å². The first kappa shape index (κ1) is 37.8. The average Bonchev–Trinajstić information content (AvgIpc) is 3.02. The van der Waals surface area contributed by atoms with Crippen molar-refractivity contribution in [2.24, 2.45) is 0 Å². The SMILES string of the molecule is OC[C@H]1O[C@@H](O[C@@H]2[C@@H](O)[C@H](S[C@@H]3[C@@H](O)[C@H](S[C@H]4[C@H](O)[C@@H](CO)OC(O)[C@@H]4O)O[C@H](CO)[C@H]3O)O[C@H](CO)[C@H]2O)[C@H](O)[C@@H](O)[C@@H]1O. The van der Waals surface area contributed by atoms with E-state index in [-0.39, 0.29) is 0 Å². The Bertz CT molecular complexity index is 926. The minimum atomic E-state index is -1.90. The van der Waals surface area contributed by atoms with Crippen molar-refractivity contribution in [2.45, 2.75) is 119 Å². The molecule has 264 valence electrons. The molecule has 0 saturated carbocycles. The third-order valence-electron chi connectivity index (χ3n) is 8.21. The Morgan fingerprint density at radius 3 is 1.40 bits per heavy atom. The van der Waals surface area contributed by atoms with Gasteiger partial charge in [0.05, 0.1) is 49.1 Å². The van der Waals surface area contributed by atoms with Crippen LogP contribution in [0.15, 0.2) is 0 Å². The molecule has 0 aromatic carbocycles. The largest absolute Gasteiger partial charge is 0.394 e. The number of thioether (sulfide) groups is 2. The molecule has 4 rings (SSSR count). The molecule has 4 aliphatic heterocycles. The fraction of sp³-hybridized carbons (Fsp3) is 1.00. The Morgan fingerprint density at radius 2 is 0.867 bits per heavy atom. The molecule has 20 atom stereocenters. The standard InChI is InChI=1S/C24H42O19S2/c25-1-5-9(29)13(33)14(34)22(40-5)43-18-10(30)6(2-26)41-23(15(18)35)45-20-12(32)8(4-28)42-24(17(20)37)44-19-11(31)7(3-27)39-21(38)16(19)36/h5-38H,1-4H2/t5-,6-,7-,8-,9-,10-,11-,12-,13+,14-,15-,16-,17-,18+,19+,20+,21?,22+,23+,24+/m1/s1. The highest BCUT2D eigenvalue weighted by atomic mass is 32.2. The van der Waals surface area contributed by atoms with Crippen molar-refractivity contribution >= 4 is 23.5 Å². The summed E-state index contributed by atoms with van der Waals surface area (Å²) in [6.45, 7) is -3.08. The zero-order chi connectivity index (χ0) is 33.3. The molecule has 0 bridgehead atoms. The van der Waals surface area contributed by atoms with Crippen molar-refractivity contribution in [1.29, 1.82) is 0 Å². The van der Waals surface area contributed by atoms with Crippen molar-refractivity contribution in [3.63, 3.8) is 0 Å². The molecule has 0 aliphatic carbocycles. The lowest BCUT2D eigenvalue weighted by Crippen LogP contribution is -2.65. The Balaban J connectivity index is 1.53. The zero-order valence-corrected chi connectivity index (χ0v) is 25.1. The first-order valence-corrected chi connectivity index (χ1v) is 16.0. The van der Waals surface area contributed by atoms with Crippen molar-refractivity contribution < 1.29 is 95.2 Å². The van der Waals surface area contributed by atoms with Gasteiger partial charge in [-0.2, -0.15) is 0 Å². The summed E-state index contributed by atoms with van der Waals surface area (Å²) >= 11 is 1.23. The van der Waals surface area contributed by atoms with Gasteiger partial charge in [0.2, 0.25) is 0 Å². The summed E-state index contributed by atoms with van der Waals surface area (Å²) in [6, 6.07) is 0. The van der Waals surface area contributed by atoms with E-state index >= 15 is 0 Å². The van der Waals surface area contributed by atoms with Gasteiger partial charge in [-0.25, -0.2) is 0 Å². The Hall–Kier alpha value is -0.0600. The Morgan fingerprint density at radius 1 is 0.422 bits per heavy atom. The van der Waals surface area contributed by atoms with Gasteiger partial charge in [0.25, 0.3) is 0 Å². The van der Waals surface area contributed by atoms with Crippen LogP contribution >= 0.6 is 23.5 Å². The molecule has 0 radical (unpaired) electrons. The minimum Gasteiger partial charge on any atom is -0.394 e. The van der Waals surface area contributed by atoms with Crippen LogP contribution in [0.25, 0.3) is 0 Å². The van der Waals surface area contributed by atoms with Crippen molar-refractivity contribution in [2.75, 3.05) is 26.4 Å². The Kier molecular flexibility index (Phi) is 13.5. The molecular weight excluding hydrogens is 656 g/mol. The van der Waals surface area contributed by atoms with Crippen LogP contribution in [0.1, 0.15) is 0 Å². The fourth-order valence-corrected chi connectivity index (χ4v) is 8.58. The highest BCUT2D eigenvalue weighted by molar-refractivity contribution is 8.01. The predicted molar refractivity (Wildman–Crippen MR) is 147 cm³/mol. The normalized spacial score (nSPS) is 52.9. The monoisotopic (exact) mass is 698 g/mol. The van der Waals surface area contributed by atoms with E-state index < -0.39 is 146 Å². The first-order chi connectivity index (χ1) is 21.3. The smallest absolute Gasteiger partial charge is 0.187 e. The van der Waals surface area contributed by atoms with Crippen LogP contribution in [0.2, 0.25) is 0 Å². The summed E-state index contributed by atoms with van der Waals surface area (Å²) < 4.78 is 27.1. The summed E-state index contributed by atoms with van der Waals surface area (Å²) in [6.07, 6.45) is -26.3. The molecule has 0 aromatic rings. The molecular formula is C24H42O19S2. The highest BCUT2D eigenvalue weighted by Gasteiger charge is 2.55. The number of ether oxygens (including phenoxy) is 5. The minimum absolute atomic E-state index is 0.601. The molecule has 45 heavy (non-hydrogen) atoms. The molecule has 4 aliphatic rings. The molecule has 4 heterocycles. The van der Waals surface area contributed by atoms with Crippen LogP contribution in [0.4, 0.5) is 0 Å². The molecule has 0 spiro atoms. The van der Waals surface area contributed by atoms with Gasteiger partial charge in [0.15, 0.2) is 12.6 Å². The maximum atomic E-state index is 11.3. The van der Waals surface area contributed by atoms with E-state index in [4.69, 9.17) is 23.7 Å². The molecule has 19 nitrogen and oxygen atoms in total. The van der Waals surface area contributed by atoms with E-state index in [2.05, 4.69) is 0 Å². The van der Waals surface area contributed by atoms with Gasteiger partial charge in [-0.05, 0) is 0 Å². The van der Waals surface area contributed by atoms with Gasteiger partial charge < -0.3 is 95.2 Å². The van der Waals surface area contributed by atoms with Gasteiger partial charge in [-0.15, -0.1) is 23.5 Å². The van der Waals surface area contributed by atoms with Gasteiger partial charge in [-0.1, -0.05) is 0 Å². The van der Waals surface area contributed by atoms with Crippen LogP contribution in [0.5, 0.6) is 0 Å². The van der Waals surface area contributed by atoms with Crippen LogP contribution < -0.4 is 0 Å². The zero-order valence-electron chi connectivity index (χ0n) is 23.5. The molecule has 0 aromatic heterocycles. The fourth-order valence-electron chi connectivity index (χ4n) is 5.53. The van der Waals surface area contributed by atoms with E-state index in [0.29, 0.717) is 23.5 Å². The second-order valence-corrected chi connectivity index (χ2v) is 13.7. The maximum absolute atomic E-state index is 11.3. The van der Waals surface area contributed by atoms with Crippen molar-refractivity contribution in [3.8, 4) is 0 Å². The van der Waals surface area contributed by atoms with Gasteiger partial charge in [-0.3, -0.25) is 0 Å². The van der Waals surface area contributed by atoms with Crippen LogP contribution in [-0.2, 0) is 23.7 Å². The summed E-state index contributed by atoms with van der Waals surface area (Å²) in [5.41, 5.74) is -2.87. The third kappa shape index (κ3) is 7.74. The van der Waals surface area contributed by atoms with Crippen molar-refractivity contribution in [3.05, 3.63) is 0 Å². The molecule has 4 fully saturated rings. The van der Waals surface area contributed by atoms with E-state index in [1.54, 1.807) is 0 Å². The number of hydrogen-bond donors (Lipinski definition) is 14. The van der Waals surface area contributed by atoms with E-state index in [0.717, 1.165) is 0 Å². The topological polar surface area (TPSA) is 329 Å². The summed E-state index contributed by atoms with van der Waals surface area (Å²) in [5, 5.41) is 142. The molecule has 1 unspecified atom stereocenters. The summed E-state index contributed by atoms with van der Waals surface area (Å²) in [7, 11) is 0. The molecule has 4 saturated heterocycles. The Labute approximate surface area is 264 Å². The second-order valence-electron chi connectivity index (χ2n) is 11.1. The lowest BCUT2D eigenvalue weighted by atomic mass is 9.97. The molecule has 14 N–H and O–H groups in total. The van der Waals surface area contributed by atoms with Gasteiger partial charge in [0, 0.05) is 0 Å². The van der Waals surface area contributed by atoms with Crippen molar-refractivity contribution in [1.82, 2.24) is 0 Å². The van der Waals surface area contributed by atoms with Crippen LogP contribution in [0, 0.1) is 0 Å². The third-order valence-corrected chi connectivity index (χ3v) is 11.3. The van der Waals surface area contributed by atoms with E-state index in [1.807, 2.05) is 0 Å². The summed E-state index contributed by atoms with van der Waals surface area (Å²) in [4.78, 5) is 0. The first-order valence-electron chi connectivity index (χ1n) is 14.1. The average molecular weight is 699 g/mol. The predicted octanol–water partition coefficient (Wildman–Crippen LogP) is -8.32. The van der Waals surface area contributed by atoms with Gasteiger partial charge in [0.1, 0.15) is 84.1 Å². The lowest BCUT2D eigenvalue weighted by molar-refractivity contribution is -0.337. The number of hydrogen-bond acceptors (Lipinski definition) is 21. The number of aliphatic hydroxyl groups excluding tert-OH is 14. The summed E-state index contributed by atoms with van der Waals surface area (Å²) in [5.74, 6) is 0. The van der Waals surface area contributed by atoms with E-state index in [9.17, 15) is 71.5 Å². The van der Waals surface area contributed by atoms with Crippen LogP contribution in [0.3, 0.4) is 0 Å². The quantitative estimate of drug-likeness (QED) is 0.101. The second kappa shape index (κ2) is 16.1. The highest BCUT2D eigenvalue weighted by Crippen LogP contribution is 2.43. The molecule has 0 amide bonds. The number of aliphatic hydroxyl groups is 14.